The van der Waals surface area contributed by atoms with Gasteiger partial charge < -0.3 is 5.11 Å². The first-order valence-corrected chi connectivity index (χ1v) is 6.85. The third-order valence-corrected chi connectivity index (χ3v) is 3.96. The van der Waals surface area contributed by atoms with Gasteiger partial charge in [-0.15, -0.1) is 11.8 Å². The number of hydrogen-bond donors (Lipinski definition) is 1. The Balaban J connectivity index is 2.40. The maximum absolute atomic E-state index is 13.3. The molecule has 1 saturated heterocycles. The number of thioether (sulfide) groups is 1. The van der Waals surface area contributed by atoms with Crippen molar-refractivity contribution in [3.05, 3.63) is 0 Å². The average molecular weight is 249 g/mol. The van der Waals surface area contributed by atoms with E-state index in [2.05, 4.69) is 18.7 Å². The molecule has 1 heterocycles. The summed E-state index contributed by atoms with van der Waals surface area (Å²) in [6, 6.07) is 0.658. The van der Waals surface area contributed by atoms with Crippen molar-refractivity contribution < 1.29 is 14.3 Å². The molecule has 2 atom stereocenters. The number of carboxylic acid groups (broad SMARTS) is 1. The monoisotopic (exact) mass is 249 g/mol. The fourth-order valence-corrected chi connectivity index (χ4v) is 3.02. The lowest BCUT2D eigenvalue weighted by Gasteiger charge is -2.39. The van der Waals surface area contributed by atoms with Crippen LogP contribution in [0.3, 0.4) is 0 Å². The summed E-state index contributed by atoms with van der Waals surface area (Å²) in [4.78, 5) is 12.6. The summed E-state index contributed by atoms with van der Waals surface area (Å²) in [5.74, 6) is 0.152. The zero-order valence-corrected chi connectivity index (χ0v) is 10.7. The minimum atomic E-state index is -0.778. The summed E-state index contributed by atoms with van der Waals surface area (Å²) in [6.45, 7) is 4.62. The van der Waals surface area contributed by atoms with E-state index in [-0.39, 0.29) is 5.75 Å². The third kappa shape index (κ3) is 4.29. The lowest BCUT2D eigenvalue weighted by Crippen LogP contribution is -2.49. The maximum Gasteiger partial charge on any atom is 0.313 e. The molecule has 0 amide bonds. The summed E-state index contributed by atoms with van der Waals surface area (Å²) in [6.07, 6.45) is 0.733. The minimum Gasteiger partial charge on any atom is -0.481 e. The van der Waals surface area contributed by atoms with Crippen molar-refractivity contribution in [2.45, 2.75) is 44.9 Å². The molecule has 1 fully saturated rings. The first kappa shape index (κ1) is 13.8. The molecule has 1 aliphatic heterocycles. The largest absolute Gasteiger partial charge is 0.481 e. The van der Waals surface area contributed by atoms with Gasteiger partial charge in [0.2, 0.25) is 0 Å². The Morgan fingerprint density at radius 1 is 1.56 bits per heavy atom. The molecule has 0 radical (unpaired) electrons. The highest BCUT2D eigenvalue weighted by molar-refractivity contribution is 7.99. The van der Waals surface area contributed by atoms with Gasteiger partial charge in [0.05, 0.1) is 5.75 Å². The molecule has 1 aliphatic rings. The van der Waals surface area contributed by atoms with Gasteiger partial charge in [-0.3, -0.25) is 9.69 Å². The third-order valence-electron chi connectivity index (χ3n) is 2.89. The molecular weight excluding hydrogens is 229 g/mol. The van der Waals surface area contributed by atoms with E-state index in [1.807, 2.05) is 0 Å². The molecule has 0 aliphatic carbocycles. The lowest BCUT2D eigenvalue weighted by atomic mass is 10.0. The van der Waals surface area contributed by atoms with E-state index in [0.717, 1.165) is 12.2 Å². The number of alkyl halides is 1. The van der Waals surface area contributed by atoms with Crippen LogP contribution in [0.5, 0.6) is 0 Å². The number of piperidine rings is 1. The Kier molecular flexibility index (Phi) is 5.55. The standard InChI is InChI=1S/C11H20FNO2S/c1-8(2)13-5-9(12)3-4-10(13)6-16-7-11(14)15/h8-10H,3-7H2,1-2H3,(H,14,15). The first-order chi connectivity index (χ1) is 7.50. The highest BCUT2D eigenvalue weighted by Crippen LogP contribution is 2.24. The lowest BCUT2D eigenvalue weighted by molar-refractivity contribution is -0.133. The van der Waals surface area contributed by atoms with Gasteiger partial charge in [0.25, 0.3) is 0 Å². The fraction of sp³-hybridized carbons (Fsp3) is 0.909. The average Bonchev–Trinajstić information content (AvgIpc) is 2.19. The Labute approximate surface area is 100 Å². The van der Waals surface area contributed by atoms with Crippen LogP contribution in [-0.2, 0) is 4.79 Å². The van der Waals surface area contributed by atoms with Crippen molar-refractivity contribution in [1.29, 1.82) is 0 Å². The summed E-state index contributed by atoms with van der Waals surface area (Å²) >= 11 is 1.43. The van der Waals surface area contributed by atoms with Gasteiger partial charge in [-0.05, 0) is 26.7 Å². The van der Waals surface area contributed by atoms with E-state index >= 15 is 0 Å². The normalized spacial score (nSPS) is 27.2. The SMILES string of the molecule is CC(C)N1CC(F)CCC1CSCC(=O)O. The van der Waals surface area contributed by atoms with Crippen LogP contribution < -0.4 is 0 Å². The molecule has 0 saturated carbocycles. The molecular formula is C11H20FNO2S. The van der Waals surface area contributed by atoms with Crippen LogP contribution >= 0.6 is 11.8 Å². The van der Waals surface area contributed by atoms with Crippen LogP contribution in [0.1, 0.15) is 26.7 Å². The number of halogens is 1. The Hall–Kier alpha value is -0.290. The summed E-state index contributed by atoms with van der Waals surface area (Å²) in [7, 11) is 0. The summed E-state index contributed by atoms with van der Waals surface area (Å²) < 4.78 is 13.3. The Morgan fingerprint density at radius 3 is 2.81 bits per heavy atom. The van der Waals surface area contributed by atoms with Crippen molar-refractivity contribution in [1.82, 2.24) is 4.90 Å². The van der Waals surface area contributed by atoms with Crippen molar-refractivity contribution in [3.8, 4) is 0 Å². The highest BCUT2D eigenvalue weighted by Gasteiger charge is 2.29. The van der Waals surface area contributed by atoms with E-state index in [4.69, 9.17) is 5.11 Å². The molecule has 3 nitrogen and oxygen atoms in total. The Morgan fingerprint density at radius 2 is 2.25 bits per heavy atom. The second-order valence-corrected chi connectivity index (χ2v) is 5.56. The highest BCUT2D eigenvalue weighted by atomic mass is 32.2. The smallest absolute Gasteiger partial charge is 0.313 e. The number of likely N-dealkylation sites (tertiary alicyclic amines) is 1. The van der Waals surface area contributed by atoms with Gasteiger partial charge in [0.1, 0.15) is 6.17 Å². The maximum atomic E-state index is 13.3. The van der Waals surface area contributed by atoms with Crippen LogP contribution in [0.15, 0.2) is 0 Å². The van der Waals surface area contributed by atoms with E-state index < -0.39 is 12.1 Å². The molecule has 0 spiro atoms. The number of carboxylic acids is 1. The van der Waals surface area contributed by atoms with Gasteiger partial charge in [0.15, 0.2) is 0 Å². The van der Waals surface area contributed by atoms with Crippen molar-refractivity contribution in [3.63, 3.8) is 0 Å². The quantitative estimate of drug-likeness (QED) is 0.809. The fourth-order valence-electron chi connectivity index (χ4n) is 2.10. The van der Waals surface area contributed by atoms with Crippen molar-refractivity contribution >= 4 is 17.7 Å². The molecule has 1 N–H and O–H groups in total. The predicted octanol–water partition coefficient (Wildman–Crippen LogP) is 2.02. The molecule has 0 aromatic carbocycles. The van der Waals surface area contributed by atoms with E-state index in [9.17, 15) is 9.18 Å². The van der Waals surface area contributed by atoms with E-state index in [0.29, 0.717) is 25.0 Å². The number of carbonyl (C=O) groups is 1. The molecule has 0 aromatic heterocycles. The van der Waals surface area contributed by atoms with Gasteiger partial charge in [-0.25, -0.2) is 4.39 Å². The zero-order valence-electron chi connectivity index (χ0n) is 9.86. The predicted molar refractivity (Wildman–Crippen MR) is 64.7 cm³/mol. The van der Waals surface area contributed by atoms with Crippen molar-refractivity contribution in [2.24, 2.45) is 0 Å². The van der Waals surface area contributed by atoms with Crippen LogP contribution in [0, 0.1) is 0 Å². The minimum absolute atomic E-state index is 0.140. The van der Waals surface area contributed by atoms with Gasteiger partial charge in [-0.2, -0.15) is 0 Å². The second kappa shape index (κ2) is 6.45. The number of hydrogen-bond acceptors (Lipinski definition) is 3. The van der Waals surface area contributed by atoms with Crippen LogP contribution in [0.2, 0.25) is 0 Å². The topological polar surface area (TPSA) is 40.5 Å². The first-order valence-electron chi connectivity index (χ1n) is 5.70. The Bertz CT molecular complexity index is 238. The number of rotatable bonds is 5. The van der Waals surface area contributed by atoms with Gasteiger partial charge >= 0.3 is 5.97 Å². The molecule has 0 bridgehead atoms. The zero-order chi connectivity index (χ0) is 12.1. The molecule has 0 aromatic rings. The van der Waals surface area contributed by atoms with Crippen LogP contribution in [0.25, 0.3) is 0 Å². The molecule has 94 valence electrons. The molecule has 5 heteroatoms. The number of nitrogens with zero attached hydrogens (tertiary/aromatic N) is 1. The number of aliphatic carboxylic acids is 1. The van der Waals surface area contributed by atoms with Gasteiger partial charge in [0, 0.05) is 24.4 Å². The summed E-state index contributed by atoms with van der Waals surface area (Å²) in [5, 5.41) is 8.57. The molecule has 2 unspecified atom stereocenters. The van der Waals surface area contributed by atoms with E-state index in [1.54, 1.807) is 0 Å². The van der Waals surface area contributed by atoms with Crippen molar-refractivity contribution in [2.75, 3.05) is 18.1 Å². The second-order valence-electron chi connectivity index (χ2n) is 4.53. The van der Waals surface area contributed by atoms with Crippen LogP contribution in [-0.4, -0.2) is 52.3 Å². The van der Waals surface area contributed by atoms with Gasteiger partial charge in [-0.1, -0.05) is 0 Å². The van der Waals surface area contributed by atoms with Crippen LogP contribution in [0.4, 0.5) is 4.39 Å². The summed E-state index contributed by atoms with van der Waals surface area (Å²) in [5.41, 5.74) is 0. The van der Waals surface area contributed by atoms with E-state index in [1.165, 1.54) is 11.8 Å². The molecule has 1 rings (SSSR count). The molecule has 16 heavy (non-hydrogen) atoms.